The summed E-state index contributed by atoms with van der Waals surface area (Å²) in [5.41, 5.74) is 1.94. The van der Waals surface area contributed by atoms with Crippen LogP contribution in [0.25, 0.3) is 11.1 Å². The zero-order valence-corrected chi connectivity index (χ0v) is 18.5. The Hall–Kier alpha value is -4.26. The number of aromatic carboxylic acids is 1. The van der Waals surface area contributed by atoms with Crippen LogP contribution in [-0.2, 0) is 6.54 Å². The van der Waals surface area contributed by atoms with Gasteiger partial charge in [-0.3, -0.25) is 4.79 Å². The highest BCUT2D eigenvalue weighted by atomic mass is 16.5. The number of carbonyl (C=O) groups is 2. The topological polar surface area (TPSA) is 94.1 Å². The van der Waals surface area contributed by atoms with Crippen LogP contribution in [-0.4, -0.2) is 37.8 Å². The van der Waals surface area contributed by atoms with E-state index in [-0.39, 0.29) is 23.4 Å². The summed E-state index contributed by atoms with van der Waals surface area (Å²) in [7, 11) is 2.93. The summed E-state index contributed by atoms with van der Waals surface area (Å²) < 4.78 is 16.3. The van der Waals surface area contributed by atoms with Crippen molar-refractivity contribution in [3.05, 3.63) is 90.0 Å². The summed E-state index contributed by atoms with van der Waals surface area (Å²) in [6.45, 7) is 4.29. The number of carboxylic acid groups (broad SMARTS) is 1. The van der Waals surface area contributed by atoms with Gasteiger partial charge in [-0.15, -0.1) is 0 Å². The average molecular weight is 447 g/mol. The zero-order chi connectivity index (χ0) is 23.8. The first-order valence-corrected chi connectivity index (χ1v) is 10.2. The molecule has 0 aromatic heterocycles. The third kappa shape index (κ3) is 5.51. The van der Waals surface area contributed by atoms with Crippen molar-refractivity contribution >= 4 is 11.9 Å². The van der Waals surface area contributed by atoms with E-state index in [2.05, 4.69) is 11.9 Å². The first kappa shape index (κ1) is 23.4. The van der Waals surface area contributed by atoms with Crippen LogP contribution in [0.15, 0.2) is 73.3 Å². The molecular weight excluding hydrogens is 422 g/mol. The second-order valence-electron chi connectivity index (χ2n) is 7.03. The summed E-state index contributed by atoms with van der Waals surface area (Å²) >= 11 is 0. The van der Waals surface area contributed by atoms with Crippen molar-refractivity contribution in [1.29, 1.82) is 0 Å². The molecule has 33 heavy (non-hydrogen) atoms. The standard InChI is InChI=1S/C26H25NO6/c1-4-13-33-18-11-9-17(10-12-18)16-27-25(28)24-22(14-19(31-2)15-23(24)32-3)20-7-5-6-8-21(20)26(29)30/h4-12,14-15H,1,13,16H2,2-3H3,(H,27,28)(H,29,30). The predicted octanol–water partition coefficient (Wildman–Crippen LogP) is 4.56. The van der Waals surface area contributed by atoms with Gasteiger partial charge in [-0.2, -0.15) is 0 Å². The fourth-order valence-corrected chi connectivity index (χ4v) is 3.35. The number of benzene rings is 3. The highest BCUT2D eigenvalue weighted by molar-refractivity contribution is 6.07. The van der Waals surface area contributed by atoms with Gasteiger partial charge < -0.3 is 24.6 Å². The minimum atomic E-state index is -1.10. The molecule has 0 aliphatic heterocycles. The Bertz CT molecular complexity index is 1150. The molecule has 0 bridgehead atoms. The highest BCUT2D eigenvalue weighted by Crippen LogP contribution is 2.37. The van der Waals surface area contributed by atoms with Gasteiger partial charge in [0.05, 0.1) is 25.3 Å². The number of carboxylic acids is 1. The van der Waals surface area contributed by atoms with E-state index < -0.39 is 11.9 Å². The van der Waals surface area contributed by atoms with Crippen LogP contribution in [0.2, 0.25) is 0 Å². The highest BCUT2D eigenvalue weighted by Gasteiger charge is 2.23. The molecular formula is C26H25NO6. The lowest BCUT2D eigenvalue weighted by Gasteiger charge is -2.17. The smallest absolute Gasteiger partial charge is 0.336 e. The first-order chi connectivity index (χ1) is 16.0. The van der Waals surface area contributed by atoms with Crippen molar-refractivity contribution < 1.29 is 28.9 Å². The largest absolute Gasteiger partial charge is 0.497 e. The lowest BCUT2D eigenvalue weighted by Crippen LogP contribution is -2.24. The Morgan fingerprint density at radius 2 is 1.70 bits per heavy atom. The Balaban J connectivity index is 1.95. The number of methoxy groups -OCH3 is 2. The molecule has 0 aliphatic carbocycles. The second-order valence-corrected chi connectivity index (χ2v) is 7.03. The molecule has 2 N–H and O–H groups in total. The van der Waals surface area contributed by atoms with Gasteiger partial charge in [0.2, 0.25) is 0 Å². The number of hydrogen-bond acceptors (Lipinski definition) is 5. The van der Waals surface area contributed by atoms with Gasteiger partial charge >= 0.3 is 5.97 Å². The summed E-state index contributed by atoms with van der Waals surface area (Å²) in [6.07, 6.45) is 1.66. The summed E-state index contributed by atoms with van der Waals surface area (Å²) in [5.74, 6) is -0.0903. The summed E-state index contributed by atoms with van der Waals surface area (Å²) in [6, 6.07) is 17.0. The number of hydrogen-bond donors (Lipinski definition) is 2. The van der Waals surface area contributed by atoms with Gasteiger partial charge in [0.1, 0.15) is 23.9 Å². The molecule has 3 aromatic carbocycles. The van der Waals surface area contributed by atoms with Gasteiger partial charge in [0, 0.05) is 18.2 Å². The fraction of sp³-hybridized carbons (Fsp3) is 0.154. The normalized spacial score (nSPS) is 10.2. The number of ether oxygens (including phenoxy) is 3. The molecule has 3 aromatic rings. The maximum Gasteiger partial charge on any atom is 0.336 e. The molecule has 170 valence electrons. The summed E-state index contributed by atoms with van der Waals surface area (Å²) in [5, 5.41) is 12.5. The number of rotatable bonds is 10. The molecule has 0 saturated carbocycles. The van der Waals surface area contributed by atoms with E-state index in [1.54, 1.807) is 36.4 Å². The van der Waals surface area contributed by atoms with Crippen molar-refractivity contribution in [3.8, 4) is 28.4 Å². The van der Waals surface area contributed by atoms with Crippen molar-refractivity contribution in [2.45, 2.75) is 6.54 Å². The molecule has 0 heterocycles. The van der Waals surface area contributed by atoms with Crippen molar-refractivity contribution in [2.75, 3.05) is 20.8 Å². The summed E-state index contributed by atoms with van der Waals surface area (Å²) in [4.78, 5) is 25.1. The Morgan fingerprint density at radius 3 is 2.33 bits per heavy atom. The third-order valence-corrected chi connectivity index (χ3v) is 4.95. The molecule has 0 spiro atoms. The Labute approximate surface area is 192 Å². The van der Waals surface area contributed by atoms with E-state index in [0.717, 1.165) is 5.56 Å². The maximum atomic E-state index is 13.3. The molecule has 0 fully saturated rings. The minimum absolute atomic E-state index is 0.0666. The monoisotopic (exact) mass is 447 g/mol. The van der Waals surface area contributed by atoms with Crippen LogP contribution in [0, 0.1) is 0 Å². The second kappa shape index (κ2) is 10.9. The number of carbonyl (C=O) groups excluding carboxylic acids is 1. The van der Waals surface area contributed by atoms with Gasteiger partial charge in [0.15, 0.2) is 0 Å². The van der Waals surface area contributed by atoms with E-state index in [1.807, 2.05) is 24.3 Å². The first-order valence-electron chi connectivity index (χ1n) is 10.2. The molecule has 0 aliphatic rings. The van der Waals surface area contributed by atoms with E-state index in [9.17, 15) is 14.7 Å². The quantitative estimate of drug-likeness (QED) is 0.443. The van der Waals surface area contributed by atoms with E-state index >= 15 is 0 Å². The van der Waals surface area contributed by atoms with Crippen LogP contribution in [0.4, 0.5) is 0 Å². The lowest BCUT2D eigenvalue weighted by atomic mass is 9.93. The number of nitrogens with one attached hydrogen (secondary N) is 1. The van der Waals surface area contributed by atoms with Gasteiger partial charge in [-0.1, -0.05) is 43.0 Å². The van der Waals surface area contributed by atoms with Gasteiger partial charge in [-0.05, 0) is 35.4 Å². The van der Waals surface area contributed by atoms with Gasteiger partial charge in [-0.25, -0.2) is 4.79 Å². The number of amides is 1. The van der Waals surface area contributed by atoms with Crippen LogP contribution in [0.5, 0.6) is 17.2 Å². The SMILES string of the molecule is C=CCOc1ccc(CNC(=O)c2c(OC)cc(OC)cc2-c2ccccc2C(=O)O)cc1. The van der Waals surface area contributed by atoms with Crippen LogP contribution < -0.4 is 19.5 Å². The lowest BCUT2D eigenvalue weighted by molar-refractivity contribution is 0.0697. The van der Waals surface area contributed by atoms with Crippen molar-refractivity contribution in [3.63, 3.8) is 0 Å². The maximum absolute atomic E-state index is 13.3. The van der Waals surface area contributed by atoms with E-state index in [0.29, 0.717) is 29.2 Å². The zero-order valence-electron chi connectivity index (χ0n) is 18.5. The molecule has 1 amide bonds. The minimum Gasteiger partial charge on any atom is -0.497 e. The molecule has 3 rings (SSSR count). The molecule has 0 atom stereocenters. The molecule has 0 radical (unpaired) electrons. The fourth-order valence-electron chi connectivity index (χ4n) is 3.35. The van der Waals surface area contributed by atoms with Gasteiger partial charge in [0.25, 0.3) is 5.91 Å². The predicted molar refractivity (Wildman–Crippen MR) is 125 cm³/mol. The van der Waals surface area contributed by atoms with Crippen LogP contribution in [0.3, 0.4) is 0 Å². The van der Waals surface area contributed by atoms with E-state index in [4.69, 9.17) is 14.2 Å². The van der Waals surface area contributed by atoms with E-state index in [1.165, 1.54) is 20.3 Å². The molecule has 7 heteroatoms. The third-order valence-electron chi connectivity index (χ3n) is 4.95. The van der Waals surface area contributed by atoms with Crippen LogP contribution >= 0.6 is 0 Å². The Kier molecular flexibility index (Phi) is 7.70. The molecule has 0 saturated heterocycles. The van der Waals surface area contributed by atoms with Crippen molar-refractivity contribution in [1.82, 2.24) is 5.32 Å². The molecule has 7 nitrogen and oxygen atoms in total. The molecule has 0 unspecified atom stereocenters. The van der Waals surface area contributed by atoms with Crippen molar-refractivity contribution in [2.24, 2.45) is 0 Å². The average Bonchev–Trinajstić information content (AvgIpc) is 2.85. The Morgan fingerprint density at radius 1 is 0.970 bits per heavy atom. The van der Waals surface area contributed by atoms with Crippen LogP contribution in [0.1, 0.15) is 26.3 Å².